The molecule has 1 aromatic carbocycles. The molecule has 2 aromatic rings. The van der Waals surface area contributed by atoms with Gasteiger partial charge in [-0.15, -0.1) is 0 Å². The second-order valence-electron chi connectivity index (χ2n) is 6.42. The van der Waals surface area contributed by atoms with E-state index in [1.54, 1.807) is 0 Å². The van der Waals surface area contributed by atoms with Crippen molar-refractivity contribution in [1.82, 2.24) is 14.6 Å². The number of carbonyl (C=O) groups is 1. The lowest BCUT2D eigenvalue weighted by atomic mass is 10.1. The average molecular weight is 552 g/mol. The van der Waals surface area contributed by atoms with Gasteiger partial charge in [0, 0.05) is 23.8 Å². The van der Waals surface area contributed by atoms with Crippen LogP contribution in [0.3, 0.4) is 0 Å². The Balaban J connectivity index is 2.04. The fourth-order valence-electron chi connectivity index (χ4n) is 3.01. The van der Waals surface area contributed by atoms with Crippen molar-refractivity contribution in [2.75, 3.05) is 6.54 Å². The number of amides is 1. The summed E-state index contributed by atoms with van der Waals surface area (Å²) in [5.41, 5.74) is 0.782. The number of hydrogen-bond donors (Lipinski definition) is 1. The molecule has 3 rings (SSSR count). The van der Waals surface area contributed by atoms with Gasteiger partial charge in [-0.05, 0) is 59.0 Å². The van der Waals surface area contributed by atoms with Crippen molar-refractivity contribution in [1.29, 1.82) is 0 Å². The molecule has 10 heteroatoms. The first-order valence-corrected chi connectivity index (χ1v) is 12.0. The maximum atomic E-state index is 13.5. The molecule has 0 radical (unpaired) electrons. The highest BCUT2D eigenvalue weighted by Crippen LogP contribution is 2.28. The van der Waals surface area contributed by atoms with Crippen molar-refractivity contribution in [3.8, 4) is 0 Å². The Hall–Kier alpha value is -1.00. The van der Waals surface area contributed by atoms with Gasteiger partial charge in [0.2, 0.25) is 15.9 Å². The van der Waals surface area contributed by atoms with Crippen LogP contribution in [-0.2, 0) is 21.4 Å². The van der Waals surface area contributed by atoms with Crippen molar-refractivity contribution >= 4 is 59.4 Å². The topological polar surface area (TPSA) is 79.4 Å². The van der Waals surface area contributed by atoms with Gasteiger partial charge in [0.1, 0.15) is 16.1 Å². The first-order chi connectivity index (χ1) is 13.3. The van der Waals surface area contributed by atoms with Crippen molar-refractivity contribution in [2.45, 2.75) is 36.7 Å². The minimum absolute atomic E-state index is 0.0158. The molecule has 6 nitrogen and oxygen atoms in total. The van der Waals surface area contributed by atoms with E-state index in [1.807, 2.05) is 24.3 Å². The summed E-state index contributed by atoms with van der Waals surface area (Å²) in [7, 11) is -3.99. The molecule has 2 heterocycles. The van der Waals surface area contributed by atoms with Gasteiger partial charge in [0.05, 0.1) is 4.47 Å². The summed E-state index contributed by atoms with van der Waals surface area (Å²) in [5, 5.41) is 2.99. The predicted molar refractivity (Wildman–Crippen MR) is 114 cm³/mol. The quantitative estimate of drug-likeness (QED) is 0.567. The average Bonchev–Trinajstić information content (AvgIpc) is 2.87. The molecule has 1 fully saturated rings. The van der Waals surface area contributed by atoms with E-state index in [0.717, 1.165) is 22.9 Å². The van der Waals surface area contributed by atoms with Crippen LogP contribution >= 0.6 is 43.5 Å². The third-order valence-corrected chi connectivity index (χ3v) is 7.97. The number of sulfonamides is 1. The molecule has 1 amide bonds. The normalized spacial score (nSPS) is 18.0. The van der Waals surface area contributed by atoms with E-state index in [0.29, 0.717) is 17.4 Å². The Kier molecular flexibility index (Phi) is 7.14. The van der Waals surface area contributed by atoms with Crippen LogP contribution < -0.4 is 5.32 Å². The first-order valence-electron chi connectivity index (χ1n) is 8.64. The molecule has 1 N–H and O–H groups in total. The van der Waals surface area contributed by atoms with Gasteiger partial charge < -0.3 is 5.32 Å². The highest BCUT2D eigenvalue weighted by atomic mass is 79.9. The van der Waals surface area contributed by atoms with E-state index in [1.165, 1.54) is 16.6 Å². The molecule has 1 aliphatic rings. The molecule has 1 aliphatic heterocycles. The second kappa shape index (κ2) is 9.21. The van der Waals surface area contributed by atoms with Crippen LogP contribution in [0.25, 0.3) is 0 Å². The molecule has 150 valence electrons. The van der Waals surface area contributed by atoms with E-state index in [4.69, 9.17) is 11.6 Å². The Bertz CT molecular complexity index is 971. The third kappa shape index (κ3) is 4.94. The zero-order valence-corrected chi connectivity index (χ0v) is 19.5. The van der Waals surface area contributed by atoms with Gasteiger partial charge in [0.25, 0.3) is 0 Å². The van der Waals surface area contributed by atoms with Crippen LogP contribution in [0, 0.1) is 0 Å². The molecule has 1 aromatic heterocycles. The standard InChI is InChI=1S/C18H18Br2ClN3O3S/c19-13-6-4-12(5-7-13)11-24(16-3-1-2-8-22-18(16)25)28(26,27)14-9-15(20)17(21)23-10-14/h4-7,9-10,16H,1-3,8,11H2,(H,22,25)/t16-/m1/s1. The number of pyridine rings is 1. The molecule has 1 saturated heterocycles. The summed E-state index contributed by atoms with van der Waals surface area (Å²) in [4.78, 5) is 16.5. The Morgan fingerprint density at radius 2 is 1.93 bits per heavy atom. The van der Waals surface area contributed by atoms with Gasteiger partial charge in [-0.3, -0.25) is 4.79 Å². The van der Waals surface area contributed by atoms with Crippen molar-refractivity contribution in [3.05, 3.63) is 56.2 Å². The van der Waals surface area contributed by atoms with Crippen molar-refractivity contribution < 1.29 is 13.2 Å². The number of nitrogens with one attached hydrogen (secondary N) is 1. The van der Waals surface area contributed by atoms with Crippen LogP contribution in [0.5, 0.6) is 0 Å². The summed E-state index contributed by atoms with van der Waals surface area (Å²) in [5.74, 6) is -0.279. The number of aromatic nitrogens is 1. The fourth-order valence-corrected chi connectivity index (χ4v) is 5.46. The highest BCUT2D eigenvalue weighted by Gasteiger charge is 2.37. The molecule has 1 atom stereocenters. The zero-order chi connectivity index (χ0) is 20.3. The Labute approximate surface area is 186 Å². The first kappa shape index (κ1) is 21.7. The minimum Gasteiger partial charge on any atom is -0.355 e. The van der Waals surface area contributed by atoms with Crippen LogP contribution in [0.2, 0.25) is 5.15 Å². The lowest BCUT2D eigenvalue weighted by molar-refractivity contribution is -0.124. The number of hydrogen-bond acceptors (Lipinski definition) is 4. The summed E-state index contributed by atoms with van der Waals surface area (Å²) in [6.07, 6.45) is 3.26. The highest BCUT2D eigenvalue weighted by molar-refractivity contribution is 9.10. The lowest BCUT2D eigenvalue weighted by Crippen LogP contribution is -2.48. The number of rotatable bonds is 5. The van der Waals surface area contributed by atoms with Crippen LogP contribution in [-0.4, -0.2) is 36.2 Å². The van der Waals surface area contributed by atoms with Gasteiger partial charge in [0.15, 0.2) is 0 Å². The summed E-state index contributed by atoms with van der Waals surface area (Å²) < 4.78 is 29.4. The minimum atomic E-state index is -3.99. The number of carbonyl (C=O) groups excluding carboxylic acids is 1. The molecule has 28 heavy (non-hydrogen) atoms. The van der Waals surface area contributed by atoms with E-state index >= 15 is 0 Å². The van der Waals surface area contributed by atoms with E-state index in [2.05, 4.69) is 42.2 Å². The smallest absolute Gasteiger partial charge is 0.245 e. The maximum absolute atomic E-state index is 13.5. The molecule has 0 unspecified atom stereocenters. The molecule has 0 aliphatic carbocycles. The SMILES string of the molecule is O=C1NCCCC[C@H]1N(Cc1ccc(Br)cc1)S(=O)(=O)c1cnc(Cl)c(Br)c1. The van der Waals surface area contributed by atoms with E-state index < -0.39 is 16.1 Å². The van der Waals surface area contributed by atoms with Gasteiger partial charge in [-0.25, -0.2) is 13.4 Å². The largest absolute Gasteiger partial charge is 0.355 e. The summed E-state index contributed by atoms with van der Waals surface area (Å²) in [6, 6.07) is 7.97. The predicted octanol–water partition coefficient (Wildman–Crippen LogP) is 4.12. The Morgan fingerprint density at radius 3 is 2.61 bits per heavy atom. The number of nitrogens with zero attached hydrogens (tertiary/aromatic N) is 2. The molecule has 0 spiro atoms. The van der Waals surface area contributed by atoms with Crippen LogP contribution in [0.15, 0.2) is 50.4 Å². The third-order valence-electron chi connectivity index (χ3n) is 4.48. The lowest BCUT2D eigenvalue weighted by Gasteiger charge is -2.29. The van der Waals surface area contributed by atoms with E-state index in [-0.39, 0.29) is 22.5 Å². The molecular weight excluding hydrogens is 534 g/mol. The molecule has 0 bridgehead atoms. The van der Waals surface area contributed by atoms with Crippen molar-refractivity contribution in [3.63, 3.8) is 0 Å². The van der Waals surface area contributed by atoms with E-state index in [9.17, 15) is 13.2 Å². The maximum Gasteiger partial charge on any atom is 0.245 e. The molecule has 0 saturated carbocycles. The van der Waals surface area contributed by atoms with Crippen molar-refractivity contribution in [2.24, 2.45) is 0 Å². The van der Waals surface area contributed by atoms with Gasteiger partial charge in [-0.2, -0.15) is 4.31 Å². The van der Waals surface area contributed by atoms with Gasteiger partial charge >= 0.3 is 0 Å². The summed E-state index contributed by atoms with van der Waals surface area (Å²) >= 11 is 12.5. The second-order valence-corrected chi connectivity index (χ2v) is 10.4. The zero-order valence-electron chi connectivity index (χ0n) is 14.7. The monoisotopic (exact) mass is 549 g/mol. The number of benzene rings is 1. The Morgan fingerprint density at radius 1 is 1.21 bits per heavy atom. The van der Waals surface area contributed by atoms with Crippen LogP contribution in [0.1, 0.15) is 24.8 Å². The fraction of sp³-hybridized carbons (Fsp3) is 0.333. The molecular formula is C18H18Br2ClN3O3S. The van der Waals surface area contributed by atoms with Gasteiger partial charge in [-0.1, -0.05) is 39.7 Å². The van der Waals surface area contributed by atoms with Crippen LogP contribution in [0.4, 0.5) is 0 Å². The summed E-state index contributed by atoms with van der Waals surface area (Å²) in [6.45, 7) is 0.628. The number of halogens is 3.